The Morgan fingerprint density at radius 3 is 2.95 bits per heavy atom. The van der Waals surface area contributed by atoms with E-state index in [4.69, 9.17) is 4.74 Å². The van der Waals surface area contributed by atoms with Crippen LogP contribution in [0.15, 0.2) is 43.2 Å². The van der Waals surface area contributed by atoms with Gasteiger partial charge in [0.15, 0.2) is 0 Å². The van der Waals surface area contributed by atoms with E-state index in [1.807, 2.05) is 12.5 Å². The Kier molecular flexibility index (Phi) is 4.48. The third-order valence-electron chi connectivity index (χ3n) is 4.22. The van der Waals surface area contributed by atoms with Crippen LogP contribution in [0.3, 0.4) is 0 Å². The summed E-state index contributed by atoms with van der Waals surface area (Å²) in [5.74, 6) is -0.0710. The van der Waals surface area contributed by atoms with Crippen LogP contribution in [0.4, 0.5) is 0 Å². The van der Waals surface area contributed by atoms with Crippen molar-refractivity contribution >= 4 is 5.91 Å². The molecular formula is C16H20N4O2. The van der Waals surface area contributed by atoms with E-state index < -0.39 is 0 Å². The average Bonchev–Trinajstić information content (AvgIpc) is 3.10. The van der Waals surface area contributed by atoms with Crippen molar-refractivity contribution in [3.8, 4) is 0 Å². The first-order chi connectivity index (χ1) is 10.8. The summed E-state index contributed by atoms with van der Waals surface area (Å²) in [5.41, 5.74) is 0.593. The SMILES string of the molecule is CO[C@@H]1CC[C@@H](NC(=O)c2cccnc2)C[C@H]1n1ccnc1. The van der Waals surface area contributed by atoms with Gasteiger partial charge in [0.05, 0.1) is 24.0 Å². The van der Waals surface area contributed by atoms with Crippen LogP contribution >= 0.6 is 0 Å². The minimum absolute atomic E-state index is 0.0710. The lowest BCUT2D eigenvalue weighted by atomic mass is 9.88. The van der Waals surface area contributed by atoms with Crippen molar-refractivity contribution in [2.24, 2.45) is 0 Å². The van der Waals surface area contributed by atoms with E-state index >= 15 is 0 Å². The molecule has 1 saturated carbocycles. The summed E-state index contributed by atoms with van der Waals surface area (Å²) in [7, 11) is 1.74. The van der Waals surface area contributed by atoms with Gasteiger partial charge < -0.3 is 14.6 Å². The van der Waals surface area contributed by atoms with Crippen molar-refractivity contribution in [2.75, 3.05) is 7.11 Å². The van der Waals surface area contributed by atoms with Gasteiger partial charge in [0.1, 0.15) is 0 Å². The Balaban J connectivity index is 1.67. The maximum atomic E-state index is 12.3. The van der Waals surface area contributed by atoms with Crippen LogP contribution in [0.25, 0.3) is 0 Å². The minimum Gasteiger partial charge on any atom is -0.379 e. The van der Waals surface area contributed by atoms with Gasteiger partial charge in [-0.1, -0.05) is 0 Å². The third-order valence-corrected chi connectivity index (χ3v) is 4.22. The van der Waals surface area contributed by atoms with Gasteiger partial charge in [-0.15, -0.1) is 0 Å². The highest BCUT2D eigenvalue weighted by Crippen LogP contribution is 2.30. The average molecular weight is 300 g/mol. The molecule has 1 fully saturated rings. The number of pyridine rings is 1. The van der Waals surface area contributed by atoms with E-state index in [-0.39, 0.29) is 24.1 Å². The zero-order valence-electron chi connectivity index (χ0n) is 12.6. The molecule has 6 heteroatoms. The third kappa shape index (κ3) is 3.17. The number of aromatic nitrogens is 3. The molecule has 116 valence electrons. The molecule has 22 heavy (non-hydrogen) atoms. The van der Waals surface area contributed by atoms with Crippen LogP contribution in [0.1, 0.15) is 35.7 Å². The molecule has 0 aromatic carbocycles. The van der Waals surface area contributed by atoms with Gasteiger partial charge >= 0.3 is 0 Å². The number of nitrogens with one attached hydrogen (secondary N) is 1. The van der Waals surface area contributed by atoms with Crippen LogP contribution < -0.4 is 5.32 Å². The predicted molar refractivity (Wildman–Crippen MR) is 81.4 cm³/mol. The number of carbonyl (C=O) groups is 1. The van der Waals surface area contributed by atoms with Gasteiger partial charge in [0.25, 0.3) is 5.91 Å². The molecule has 0 aliphatic heterocycles. The van der Waals surface area contributed by atoms with Gasteiger partial charge in [0, 0.05) is 37.9 Å². The van der Waals surface area contributed by atoms with E-state index in [0.29, 0.717) is 5.56 Å². The number of rotatable bonds is 4. The number of nitrogens with zero attached hydrogens (tertiary/aromatic N) is 3. The molecule has 1 amide bonds. The van der Waals surface area contributed by atoms with Crippen molar-refractivity contribution in [3.63, 3.8) is 0 Å². The number of carbonyl (C=O) groups excluding carboxylic acids is 1. The molecule has 1 aliphatic carbocycles. The van der Waals surface area contributed by atoms with Crippen molar-refractivity contribution in [1.29, 1.82) is 0 Å². The highest BCUT2D eigenvalue weighted by molar-refractivity contribution is 5.94. The normalized spacial score (nSPS) is 24.9. The van der Waals surface area contributed by atoms with E-state index in [9.17, 15) is 4.79 Å². The van der Waals surface area contributed by atoms with Crippen LogP contribution in [-0.2, 0) is 4.74 Å². The Morgan fingerprint density at radius 2 is 2.27 bits per heavy atom. The molecule has 1 N–H and O–H groups in total. The van der Waals surface area contributed by atoms with Gasteiger partial charge in [-0.05, 0) is 31.4 Å². The zero-order chi connectivity index (χ0) is 15.4. The van der Waals surface area contributed by atoms with Crippen molar-refractivity contribution in [3.05, 3.63) is 48.8 Å². The predicted octanol–water partition coefficient (Wildman–Crippen LogP) is 1.82. The van der Waals surface area contributed by atoms with Crippen LogP contribution in [0.2, 0.25) is 0 Å². The highest BCUT2D eigenvalue weighted by atomic mass is 16.5. The first-order valence-corrected chi connectivity index (χ1v) is 7.49. The lowest BCUT2D eigenvalue weighted by Crippen LogP contribution is -2.43. The molecule has 6 nitrogen and oxygen atoms in total. The van der Waals surface area contributed by atoms with Crippen LogP contribution in [0, 0.1) is 0 Å². The van der Waals surface area contributed by atoms with E-state index in [0.717, 1.165) is 19.3 Å². The van der Waals surface area contributed by atoms with E-state index in [1.54, 1.807) is 37.8 Å². The Bertz CT molecular complexity index is 600. The number of ether oxygens (including phenoxy) is 1. The van der Waals surface area contributed by atoms with Crippen molar-refractivity contribution in [2.45, 2.75) is 37.5 Å². The molecule has 3 rings (SSSR count). The van der Waals surface area contributed by atoms with Gasteiger partial charge in [-0.2, -0.15) is 0 Å². The zero-order valence-corrected chi connectivity index (χ0v) is 12.6. The number of imidazole rings is 1. The summed E-state index contributed by atoms with van der Waals surface area (Å²) < 4.78 is 7.66. The van der Waals surface area contributed by atoms with E-state index in [2.05, 4.69) is 19.9 Å². The smallest absolute Gasteiger partial charge is 0.253 e. The minimum atomic E-state index is -0.0710. The first kappa shape index (κ1) is 14.7. The van der Waals surface area contributed by atoms with Gasteiger partial charge in [0.2, 0.25) is 0 Å². The van der Waals surface area contributed by atoms with Crippen LogP contribution in [0.5, 0.6) is 0 Å². The molecule has 1 aliphatic rings. The second-order valence-corrected chi connectivity index (χ2v) is 5.58. The summed E-state index contributed by atoms with van der Waals surface area (Å²) in [6.45, 7) is 0. The Labute approximate surface area is 129 Å². The summed E-state index contributed by atoms with van der Waals surface area (Å²) in [6.07, 6.45) is 11.6. The van der Waals surface area contributed by atoms with Crippen molar-refractivity contribution in [1.82, 2.24) is 19.9 Å². The van der Waals surface area contributed by atoms with Gasteiger partial charge in [-0.3, -0.25) is 9.78 Å². The van der Waals surface area contributed by atoms with Crippen LogP contribution in [-0.4, -0.2) is 39.7 Å². The summed E-state index contributed by atoms with van der Waals surface area (Å²) in [6, 6.07) is 3.87. The second kappa shape index (κ2) is 6.70. The molecule has 0 unspecified atom stereocenters. The van der Waals surface area contributed by atoms with Gasteiger partial charge in [-0.25, -0.2) is 4.98 Å². The Hall–Kier alpha value is -2.21. The number of hydrogen-bond donors (Lipinski definition) is 1. The second-order valence-electron chi connectivity index (χ2n) is 5.58. The largest absolute Gasteiger partial charge is 0.379 e. The summed E-state index contributed by atoms with van der Waals surface area (Å²) >= 11 is 0. The quantitative estimate of drug-likeness (QED) is 0.935. The molecule has 0 radical (unpaired) electrons. The Morgan fingerprint density at radius 1 is 1.36 bits per heavy atom. The molecule has 2 aromatic heterocycles. The monoisotopic (exact) mass is 300 g/mol. The molecule has 0 spiro atoms. The topological polar surface area (TPSA) is 69.0 Å². The first-order valence-electron chi connectivity index (χ1n) is 7.49. The lowest BCUT2D eigenvalue weighted by molar-refractivity contribution is 0.0199. The number of amides is 1. The molecule has 2 aromatic rings. The maximum absolute atomic E-state index is 12.3. The van der Waals surface area contributed by atoms with Crippen molar-refractivity contribution < 1.29 is 9.53 Å². The molecule has 3 atom stereocenters. The molecule has 0 bridgehead atoms. The fourth-order valence-corrected chi connectivity index (χ4v) is 3.07. The standard InChI is InChI=1S/C16H20N4O2/c1-22-15-5-4-13(9-14(15)20-8-7-18-11-20)19-16(21)12-3-2-6-17-10-12/h2-3,6-8,10-11,13-15H,4-5,9H2,1H3,(H,19,21)/t13-,14-,15-/m1/s1. The molecular weight excluding hydrogens is 280 g/mol. The lowest BCUT2D eigenvalue weighted by Gasteiger charge is -2.36. The summed E-state index contributed by atoms with van der Waals surface area (Å²) in [4.78, 5) is 20.4. The number of hydrogen-bond acceptors (Lipinski definition) is 4. The summed E-state index contributed by atoms with van der Waals surface area (Å²) in [5, 5.41) is 3.10. The highest BCUT2D eigenvalue weighted by Gasteiger charge is 2.32. The molecule has 2 heterocycles. The van der Waals surface area contributed by atoms with E-state index in [1.165, 1.54) is 0 Å². The fourth-order valence-electron chi connectivity index (χ4n) is 3.07. The fraction of sp³-hybridized carbons (Fsp3) is 0.438. The number of methoxy groups -OCH3 is 1. The molecule has 0 saturated heterocycles. The maximum Gasteiger partial charge on any atom is 0.253 e.